The highest BCUT2D eigenvalue weighted by Crippen LogP contribution is 2.27. The molecule has 102 valence electrons. The Morgan fingerprint density at radius 1 is 1.44 bits per heavy atom. The molecule has 0 aliphatic heterocycles. The van der Waals surface area contributed by atoms with Gasteiger partial charge in [0.2, 0.25) is 0 Å². The van der Waals surface area contributed by atoms with Gasteiger partial charge in [-0.15, -0.1) is 0 Å². The molecule has 0 fully saturated rings. The summed E-state index contributed by atoms with van der Waals surface area (Å²) in [4.78, 5) is 2.05. The van der Waals surface area contributed by atoms with Crippen LogP contribution in [0.15, 0.2) is 22.7 Å². The van der Waals surface area contributed by atoms with Gasteiger partial charge in [0, 0.05) is 13.1 Å². The number of alkyl halides is 2. The zero-order valence-electron chi connectivity index (χ0n) is 10.1. The van der Waals surface area contributed by atoms with Crippen molar-refractivity contribution in [1.82, 2.24) is 4.90 Å². The summed E-state index contributed by atoms with van der Waals surface area (Å²) in [7, 11) is 0. The van der Waals surface area contributed by atoms with Gasteiger partial charge in [0.25, 0.3) is 0 Å². The third-order valence-corrected chi connectivity index (χ3v) is 3.10. The summed E-state index contributed by atoms with van der Waals surface area (Å²) in [6, 6.07) is 5.00. The highest BCUT2D eigenvalue weighted by Gasteiger charge is 2.10. The molecule has 0 heterocycles. The van der Waals surface area contributed by atoms with E-state index in [0.717, 1.165) is 12.1 Å². The van der Waals surface area contributed by atoms with Crippen LogP contribution in [-0.2, 0) is 6.54 Å². The minimum Gasteiger partial charge on any atom is -0.434 e. The molecule has 0 bridgehead atoms. The summed E-state index contributed by atoms with van der Waals surface area (Å²) in [6.07, 6.45) is 0. The Morgan fingerprint density at radius 2 is 2.17 bits per heavy atom. The molecule has 0 amide bonds. The van der Waals surface area contributed by atoms with Crippen molar-refractivity contribution < 1.29 is 18.6 Å². The maximum Gasteiger partial charge on any atom is 0.387 e. The highest BCUT2D eigenvalue weighted by molar-refractivity contribution is 9.10. The van der Waals surface area contributed by atoms with Crippen LogP contribution in [0.4, 0.5) is 8.78 Å². The van der Waals surface area contributed by atoms with E-state index in [9.17, 15) is 8.78 Å². The van der Waals surface area contributed by atoms with E-state index >= 15 is 0 Å². The number of hydrogen-bond acceptors (Lipinski definition) is 3. The molecule has 0 spiro atoms. The van der Waals surface area contributed by atoms with Crippen LogP contribution in [0.3, 0.4) is 0 Å². The smallest absolute Gasteiger partial charge is 0.387 e. The van der Waals surface area contributed by atoms with Gasteiger partial charge in [-0.05, 0) is 40.2 Å². The van der Waals surface area contributed by atoms with E-state index in [2.05, 4.69) is 25.6 Å². The van der Waals surface area contributed by atoms with Crippen molar-refractivity contribution in [2.24, 2.45) is 0 Å². The van der Waals surface area contributed by atoms with Gasteiger partial charge in [0.15, 0.2) is 0 Å². The first-order valence-electron chi connectivity index (χ1n) is 5.63. The molecule has 3 nitrogen and oxygen atoms in total. The predicted octanol–water partition coefficient (Wildman–Crippen LogP) is 2.86. The normalized spacial score (nSPS) is 11.3. The monoisotopic (exact) mass is 323 g/mol. The van der Waals surface area contributed by atoms with Crippen molar-refractivity contribution in [2.75, 3.05) is 19.7 Å². The molecule has 6 heteroatoms. The number of likely N-dealkylation sites (N-methyl/N-ethyl adjacent to an activating group) is 1. The van der Waals surface area contributed by atoms with E-state index in [1.807, 2.05) is 6.92 Å². The van der Waals surface area contributed by atoms with Crippen molar-refractivity contribution in [3.63, 3.8) is 0 Å². The molecule has 1 N–H and O–H groups in total. The fourth-order valence-electron chi connectivity index (χ4n) is 1.58. The molecular weight excluding hydrogens is 308 g/mol. The predicted molar refractivity (Wildman–Crippen MR) is 68.8 cm³/mol. The third-order valence-electron chi connectivity index (χ3n) is 2.48. The Bertz CT molecular complexity index is 377. The van der Waals surface area contributed by atoms with Gasteiger partial charge < -0.3 is 9.84 Å². The van der Waals surface area contributed by atoms with Crippen LogP contribution < -0.4 is 4.74 Å². The van der Waals surface area contributed by atoms with Crippen LogP contribution in [0.5, 0.6) is 5.75 Å². The van der Waals surface area contributed by atoms with Crippen LogP contribution >= 0.6 is 15.9 Å². The molecule has 1 aromatic rings. The standard InChI is InChI=1S/C12H16BrF2NO2/c1-2-16(5-6-17)8-9-3-4-11(10(13)7-9)18-12(14)15/h3-4,7,12,17H,2,5-6,8H2,1H3. The number of nitrogens with zero attached hydrogens (tertiary/aromatic N) is 1. The van der Waals surface area contributed by atoms with Gasteiger partial charge in [-0.3, -0.25) is 4.90 Å². The second kappa shape index (κ2) is 7.66. The minimum atomic E-state index is -2.83. The van der Waals surface area contributed by atoms with Crippen LogP contribution in [0.2, 0.25) is 0 Å². The average molecular weight is 324 g/mol. The van der Waals surface area contributed by atoms with E-state index in [1.54, 1.807) is 12.1 Å². The van der Waals surface area contributed by atoms with Gasteiger partial charge in [-0.1, -0.05) is 13.0 Å². The lowest BCUT2D eigenvalue weighted by Gasteiger charge is -2.19. The van der Waals surface area contributed by atoms with E-state index in [0.29, 0.717) is 17.6 Å². The molecule has 0 saturated heterocycles. The molecule has 0 aliphatic carbocycles. The molecule has 0 aliphatic rings. The van der Waals surface area contributed by atoms with Gasteiger partial charge >= 0.3 is 6.61 Å². The summed E-state index contributed by atoms with van der Waals surface area (Å²) in [5.41, 5.74) is 0.971. The summed E-state index contributed by atoms with van der Waals surface area (Å²) < 4.78 is 29.0. The van der Waals surface area contributed by atoms with Crippen LogP contribution in [0.1, 0.15) is 12.5 Å². The number of aliphatic hydroxyl groups excluding tert-OH is 1. The summed E-state index contributed by atoms with van der Waals surface area (Å²) in [6.45, 7) is 1.33. The van der Waals surface area contributed by atoms with Crippen LogP contribution in [0, 0.1) is 0 Å². The topological polar surface area (TPSA) is 32.7 Å². The zero-order chi connectivity index (χ0) is 13.5. The largest absolute Gasteiger partial charge is 0.434 e. The number of aliphatic hydroxyl groups is 1. The van der Waals surface area contributed by atoms with Gasteiger partial charge in [-0.2, -0.15) is 8.78 Å². The van der Waals surface area contributed by atoms with Crippen LogP contribution in [0.25, 0.3) is 0 Å². The highest BCUT2D eigenvalue weighted by atomic mass is 79.9. The number of rotatable bonds is 7. The Labute approximate surface area is 113 Å². The molecule has 18 heavy (non-hydrogen) atoms. The van der Waals surface area contributed by atoms with Crippen molar-refractivity contribution in [2.45, 2.75) is 20.1 Å². The molecule has 0 atom stereocenters. The lowest BCUT2D eigenvalue weighted by atomic mass is 10.2. The third kappa shape index (κ3) is 4.88. The Morgan fingerprint density at radius 3 is 2.67 bits per heavy atom. The second-order valence-electron chi connectivity index (χ2n) is 3.74. The zero-order valence-corrected chi connectivity index (χ0v) is 11.7. The molecule has 0 unspecified atom stereocenters. The lowest BCUT2D eigenvalue weighted by Crippen LogP contribution is -2.26. The Hall–Kier alpha value is -0.720. The Balaban J connectivity index is 2.71. The fraction of sp³-hybridized carbons (Fsp3) is 0.500. The first-order chi connectivity index (χ1) is 8.56. The Kier molecular flexibility index (Phi) is 6.52. The number of benzene rings is 1. The maximum absolute atomic E-state index is 12.1. The quantitative estimate of drug-likeness (QED) is 0.837. The number of ether oxygens (including phenoxy) is 1. The summed E-state index contributed by atoms with van der Waals surface area (Å²) >= 11 is 3.20. The van der Waals surface area contributed by atoms with Gasteiger partial charge in [0.1, 0.15) is 5.75 Å². The minimum absolute atomic E-state index is 0.0988. The first-order valence-corrected chi connectivity index (χ1v) is 6.42. The lowest BCUT2D eigenvalue weighted by molar-refractivity contribution is -0.0503. The fourth-order valence-corrected chi connectivity index (χ4v) is 2.10. The SMILES string of the molecule is CCN(CCO)Cc1ccc(OC(F)F)c(Br)c1. The summed E-state index contributed by atoms with van der Waals surface area (Å²) in [5, 5.41) is 8.89. The summed E-state index contributed by atoms with van der Waals surface area (Å²) in [5.74, 6) is 0.124. The first kappa shape index (κ1) is 15.3. The van der Waals surface area contributed by atoms with Gasteiger partial charge in [-0.25, -0.2) is 0 Å². The average Bonchev–Trinajstić information content (AvgIpc) is 2.31. The molecule has 1 rings (SSSR count). The molecule has 1 aromatic carbocycles. The number of halogens is 3. The maximum atomic E-state index is 12.1. The molecule has 0 saturated carbocycles. The van der Waals surface area contributed by atoms with Crippen LogP contribution in [-0.4, -0.2) is 36.3 Å². The van der Waals surface area contributed by atoms with Crippen molar-refractivity contribution in [1.29, 1.82) is 0 Å². The van der Waals surface area contributed by atoms with Gasteiger partial charge in [0.05, 0.1) is 11.1 Å². The van der Waals surface area contributed by atoms with Crippen molar-refractivity contribution >= 4 is 15.9 Å². The number of hydrogen-bond donors (Lipinski definition) is 1. The second-order valence-corrected chi connectivity index (χ2v) is 4.59. The van der Waals surface area contributed by atoms with E-state index in [-0.39, 0.29) is 12.4 Å². The van der Waals surface area contributed by atoms with Crippen molar-refractivity contribution in [3.05, 3.63) is 28.2 Å². The van der Waals surface area contributed by atoms with E-state index in [4.69, 9.17) is 5.11 Å². The molecular formula is C12H16BrF2NO2. The van der Waals surface area contributed by atoms with E-state index < -0.39 is 6.61 Å². The van der Waals surface area contributed by atoms with E-state index in [1.165, 1.54) is 6.07 Å². The molecule has 0 aromatic heterocycles. The van der Waals surface area contributed by atoms with Crippen molar-refractivity contribution in [3.8, 4) is 5.75 Å². The molecule has 0 radical (unpaired) electrons.